The minimum absolute atomic E-state index is 0.187. The zero-order valence-electron chi connectivity index (χ0n) is 20.0. The lowest BCUT2D eigenvalue weighted by atomic mass is 9.97. The molecule has 0 N–H and O–H groups in total. The van der Waals surface area contributed by atoms with Crippen molar-refractivity contribution in [2.45, 2.75) is 26.4 Å². The number of Topliss-reactive ketones (excluding diaryl/α,β-unsaturated/α-hetero) is 1. The van der Waals surface area contributed by atoms with Crippen LogP contribution in [-0.4, -0.2) is 24.7 Å². The Hall–Kier alpha value is -4.64. The van der Waals surface area contributed by atoms with E-state index in [1.165, 1.54) is 10.9 Å². The van der Waals surface area contributed by atoms with Crippen molar-refractivity contribution in [1.82, 2.24) is 18.9 Å². The third-order valence-corrected chi connectivity index (χ3v) is 5.98. The predicted molar refractivity (Wildman–Crippen MR) is 134 cm³/mol. The van der Waals surface area contributed by atoms with E-state index in [2.05, 4.69) is 21.8 Å². The number of benzene rings is 2. The summed E-state index contributed by atoms with van der Waals surface area (Å²) in [4.78, 5) is 21.5. The Morgan fingerprint density at radius 3 is 2.59 bits per heavy atom. The van der Waals surface area contributed by atoms with Crippen molar-refractivity contribution in [1.29, 1.82) is 0 Å². The van der Waals surface area contributed by atoms with E-state index in [-0.39, 0.29) is 17.8 Å². The van der Waals surface area contributed by atoms with Gasteiger partial charge in [0.1, 0.15) is 11.3 Å². The number of nitrogens with zero attached hydrogens (tertiary/aromatic N) is 4. The normalized spacial score (nSPS) is 11.4. The Labute approximate surface area is 211 Å². The molecule has 0 bridgehead atoms. The van der Waals surface area contributed by atoms with Gasteiger partial charge in [-0.25, -0.2) is 9.97 Å². The van der Waals surface area contributed by atoms with Crippen LogP contribution >= 0.6 is 0 Å². The number of hydrogen-bond acceptors (Lipinski definition) is 3. The van der Waals surface area contributed by atoms with Gasteiger partial charge in [0.15, 0.2) is 5.78 Å². The van der Waals surface area contributed by atoms with Gasteiger partial charge < -0.3 is 4.57 Å². The molecule has 0 saturated carbocycles. The second-order valence-corrected chi connectivity index (χ2v) is 8.76. The van der Waals surface area contributed by atoms with E-state index in [9.17, 15) is 18.0 Å². The average molecular weight is 499 g/mol. The largest absolute Gasteiger partial charge is 0.416 e. The number of alkyl halides is 3. The minimum Gasteiger partial charge on any atom is -0.306 e. The van der Waals surface area contributed by atoms with Crippen LogP contribution in [0.4, 0.5) is 13.2 Å². The van der Waals surface area contributed by atoms with Crippen molar-refractivity contribution in [3.05, 3.63) is 119 Å². The molecule has 0 spiro atoms. The molecule has 2 aromatic carbocycles. The third-order valence-electron chi connectivity index (χ3n) is 5.98. The molecule has 8 heteroatoms. The monoisotopic (exact) mass is 498 g/mol. The van der Waals surface area contributed by atoms with Gasteiger partial charge in [0.25, 0.3) is 0 Å². The van der Waals surface area contributed by atoms with E-state index >= 15 is 0 Å². The maximum Gasteiger partial charge on any atom is 0.416 e. The average Bonchev–Trinajstić information content (AvgIpc) is 3.49. The van der Waals surface area contributed by atoms with Crippen molar-refractivity contribution in [3.8, 4) is 17.5 Å². The van der Waals surface area contributed by atoms with Crippen LogP contribution in [0.25, 0.3) is 11.3 Å². The highest BCUT2D eigenvalue weighted by atomic mass is 19.4. The molecule has 0 amide bonds. The van der Waals surface area contributed by atoms with Crippen LogP contribution in [0.2, 0.25) is 0 Å². The zero-order chi connectivity index (χ0) is 26.2. The molecular weight excluding hydrogens is 477 g/mol. The summed E-state index contributed by atoms with van der Waals surface area (Å²) in [7, 11) is 0. The molecule has 0 saturated heterocycles. The van der Waals surface area contributed by atoms with E-state index < -0.39 is 11.7 Å². The fourth-order valence-corrected chi connectivity index (χ4v) is 4.03. The second kappa shape index (κ2) is 9.43. The summed E-state index contributed by atoms with van der Waals surface area (Å²) in [5, 5.41) is 0. The summed E-state index contributed by atoms with van der Waals surface area (Å²) < 4.78 is 44.2. The molecular formula is C29H21F3N4O. The molecule has 3 heterocycles. The number of carbonyl (C=O) groups is 1. The molecule has 5 aromatic rings. The number of ketones is 1. The van der Waals surface area contributed by atoms with E-state index in [1.807, 2.05) is 35.7 Å². The first-order chi connectivity index (χ1) is 17.7. The molecule has 5 nitrogen and oxygen atoms in total. The Kier molecular flexibility index (Phi) is 6.14. The van der Waals surface area contributed by atoms with Gasteiger partial charge in [-0.2, -0.15) is 13.2 Å². The molecule has 5 rings (SSSR count). The van der Waals surface area contributed by atoms with E-state index in [4.69, 9.17) is 0 Å². The second-order valence-electron chi connectivity index (χ2n) is 8.76. The van der Waals surface area contributed by atoms with Gasteiger partial charge in [-0.15, -0.1) is 0 Å². The predicted octanol–water partition coefficient (Wildman–Crippen LogP) is 5.98. The number of imidazole rings is 2. The summed E-state index contributed by atoms with van der Waals surface area (Å²) in [6, 6.07) is 14.4. The maximum absolute atomic E-state index is 13.6. The molecule has 0 aliphatic heterocycles. The van der Waals surface area contributed by atoms with Gasteiger partial charge in [0.2, 0.25) is 0 Å². The highest BCUT2D eigenvalue weighted by Crippen LogP contribution is 2.32. The van der Waals surface area contributed by atoms with Crippen LogP contribution in [0.1, 0.15) is 44.0 Å². The topological polar surface area (TPSA) is 52.2 Å². The standard InChI is InChI=1S/C29H21F3N4O/c1-19-6-7-23(14-22(19)8-9-25-16-33-28-5-3-4-10-36(25)28)27(37)13-21-11-24(29(30,31)32)15-26(12-21)35-17-20(2)34-18-35/h3-7,10-12,14-18H,13H2,1-2H3. The van der Waals surface area contributed by atoms with E-state index in [0.29, 0.717) is 28.2 Å². The molecule has 0 fully saturated rings. The van der Waals surface area contributed by atoms with Gasteiger partial charge in [-0.1, -0.05) is 24.1 Å². The Balaban J connectivity index is 1.45. The molecule has 0 unspecified atom stereocenters. The highest BCUT2D eigenvalue weighted by Gasteiger charge is 2.31. The number of carbonyl (C=O) groups excluding carboxylic acids is 1. The quantitative estimate of drug-likeness (QED) is 0.226. The third kappa shape index (κ3) is 5.16. The summed E-state index contributed by atoms with van der Waals surface area (Å²) in [6.45, 7) is 3.64. The molecule has 3 aromatic heterocycles. The van der Waals surface area contributed by atoms with Gasteiger partial charge in [-0.3, -0.25) is 9.20 Å². The number of hydrogen-bond donors (Lipinski definition) is 0. The van der Waals surface area contributed by atoms with Crippen LogP contribution in [0.3, 0.4) is 0 Å². The van der Waals surface area contributed by atoms with Gasteiger partial charge >= 0.3 is 6.18 Å². The number of halogens is 3. The van der Waals surface area contributed by atoms with Gasteiger partial charge in [0.05, 0.1) is 23.8 Å². The van der Waals surface area contributed by atoms with Gasteiger partial charge in [0, 0.05) is 35.6 Å². The van der Waals surface area contributed by atoms with Crippen LogP contribution in [0.15, 0.2) is 79.5 Å². The number of pyridine rings is 1. The first-order valence-electron chi connectivity index (χ1n) is 11.5. The minimum atomic E-state index is -4.55. The molecule has 0 radical (unpaired) electrons. The molecule has 0 aliphatic carbocycles. The number of fused-ring (bicyclic) bond motifs is 1. The lowest BCUT2D eigenvalue weighted by Crippen LogP contribution is -2.10. The summed E-state index contributed by atoms with van der Waals surface area (Å²) in [6.07, 6.45) is 1.90. The van der Waals surface area contributed by atoms with Crippen LogP contribution in [-0.2, 0) is 12.6 Å². The van der Waals surface area contributed by atoms with E-state index in [0.717, 1.165) is 23.3 Å². The van der Waals surface area contributed by atoms with Crippen molar-refractivity contribution in [3.63, 3.8) is 0 Å². The van der Waals surface area contributed by atoms with Crippen molar-refractivity contribution in [2.75, 3.05) is 0 Å². The van der Waals surface area contributed by atoms with Crippen LogP contribution < -0.4 is 0 Å². The number of aryl methyl sites for hydroxylation is 2. The Bertz CT molecular complexity index is 1700. The molecule has 0 atom stereocenters. The summed E-state index contributed by atoms with van der Waals surface area (Å²) >= 11 is 0. The fourth-order valence-electron chi connectivity index (χ4n) is 4.03. The Morgan fingerprint density at radius 2 is 1.84 bits per heavy atom. The molecule has 0 aliphatic rings. The SMILES string of the molecule is Cc1cn(-c2cc(CC(=O)c3ccc(C)c(C#Cc4cnc5ccccn45)c3)cc(C(F)(F)F)c2)cn1. The smallest absolute Gasteiger partial charge is 0.306 e. The van der Waals surface area contributed by atoms with Crippen LogP contribution in [0.5, 0.6) is 0 Å². The molecule has 37 heavy (non-hydrogen) atoms. The summed E-state index contributed by atoms with van der Waals surface area (Å²) in [5.41, 5.74) is 3.82. The van der Waals surface area contributed by atoms with Crippen molar-refractivity contribution >= 4 is 11.4 Å². The lowest BCUT2D eigenvalue weighted by molar-refractivity contribution is -0.137. The van der Waals surface area contributed by atoms with Crippen LogP contribution in [0, 0.1) is 25.7 Å². The number of aromatic nitrogens is 4. The van der Waals surface area contributed by atoms with Crippen molar-refractivity contribution < 1.29 is 18.0 Å². The zero-order valence-corrected chi connectivity index (χ0v) is 20.0. The van der Waals surface area contributed by atoms with Crippen molar-refractivity contribution in [2.24, 2.45) is 0 Å². The highest BCUT2D eigenvalue weighted by molar-refractivity contribution is 5.98. The molecule has 184 valence electrons. The first-order valence-corrected chi connectivity index (χ1v) is 11.5. The fraction of sp³-hybridized carbons (Fsp3) is 0.138. The Morgan fingerprint density at radius 1 is 1.00 bits per heavy atom. The first kappa shape index (κ1) is 24.1. The van der Waals surface area contributed by atoms with Gasteiger partial charge in [-0.05, 0) is 67.3 Å². The lowest BCUT2D eigenvalue weighted by Gasteiger charge is -2.13. The summed E-state index contributed by atoms with van der Waals surface area (Å²) in [5.74, 6) is 5.90. The number of rotatable bonds is 4. The maximum atomic E-state index is 13.6. The van der Waals surface area contributed by atoms with E-state index in [1.54, 1.807) is 43.6 Å².